The van der Waals surface area contributed by atoms with Crippen molar-refractivity contribution in [3.05, 3.63) is 30.0 Å². The standard InChI is InChI=1S/C10H10N2O/c11-10-9(2-1-5-12-10)7-3-4-8(13)6-7/h1-2,5-6H,3-4H2,(H2,11,12). The highest BCUT2D eigenvalue weighted by atomic mass is 16.1. The molecule has 13 heavy (non-hydrogen) atoms. The maximum absolute atomic E-state index is 11.0. The van der Waals surface area contributed by atoms with E-state index < -0.39 is 0 Å². The van der Waals surface area contributed by atoms with E-state index in [4.69, 9.17) is 5.73 Å². The number of carbonyl (C=O) groups excluding carboxylic acids is 1. The van der Waals surface area contributed by atoms with Gasteiger partial charge in [0.15, 0.2) is 5.78 Å². The summed E-state index contributed by atoms with van der Waals surface area (Å²) >= 11 is 0. The monoisotopic (exact) mass is 174 g/mol. The van der Waals surface area contributed by atoms with Crippen LogP contribution in [0.15, 0.2) is 24.4 Å². The number of hydrogen-bond donors (Lipinski definition) is 1. The molecule has 66 valence electrons. The van der Waals surface area contributed by atoms with Gasteiger partial charge in [-0.25, -0.2) is 4.98 Å². The van der Waals surface area contributed by atoms with Crippen LogP contribution in [0.3, 0.4) is 0 Å². The molecule has 0 saturated heterocycles. The lowest BCUT2D eigenvalue weighted by Gasteiger charge is -2.03. The van der Waals surface area contributed by atoms with Gasteiger partial charge in [-0.15, -0.1) is 0 Å². The maximum atomic E-state index is 11.0. The lowest BCUT2D eigenvalue weighted by atomic mass is 10.1. The Morgan fingerprint density at radius 3 is 2.85 bits per heavy atom. The minimum Gasteiger partial charge on any atom is -0.383 e. The predicted octanol–water partition coefficient (Wildman–Crippen LogP) is 1.41. The van der Waals surface area contributed by atoms with Gasteiger partial charge < -0.3 is 5.73 Å². The highest BCUT2D eigenvalue weighted by molar-refractivity contribution is 6.02. The number of pyridine rings is 1. The smallest absolute Gasteiger partial charge is 0.156 e. The number of rotatable bonds is 1. The fourth-order valence-electron chi connectivity index (χ4n) is 1.50. The van der Waals surface area contributed by atoms with Gasteiger partial charge in [-0.3, -0.25) is 4.79 Å². The molecule has 0 unspecified atom stereocenters. The molecule has 0 bridgehead atoms. The first-order valence-corrected chi connectivity index (χ1v) is 4.21. The number of nitrogen functional groups attached to an aromatic ring is 1. The molecule has 2 N–H and O–H groups in total. The zero-order chi connectivity index (χ0) is 9.26. The van der Waals surface area contributed by atoms with Crippen molar-refractivity contribution in [1.82, 2.24) is 4.98 Å². The Morgan fingerprint density at radius 2 is 2.23 bits per heavy atom. The molecule has 1 aliphatic rings. The van der Waals surface area contributed by atoms with E-state index in [2.05, 4.69) is 4.98 Å². The SMILES string of the molecule is Nc1ncccc1C1=CC(=O)CC1. The number of allylic oxidation sites excluding steroid dienone is 2. The second-order valence-corrected chi connectivity index (χ2v) is 3.07. The van der Waals surface area contributed by atoms with Crippen molar-refractivity contribution in [2.45, 2.75) is 12.8 Å². The van der Waals surface area contributed by atoms with E-state index in [-0.39, 0.29) is 5.78 Å². The number of nitrogens with two attached hydrogens (primary N) is 1. The molecular weight excluding hydrogens is 164 g/mol. The van der Waals surface area contributed by atoms with E-state index >= 15 is 0 Å². The van der Waals surface area contributed by atoms with E-state index in [1.54, 1.807) is 12.3 Å². The lowest BCUT2D eigenvalue weighted by Crippen LogP contribution is -1.94. The third-order valence-electron chi connectivity index (χ3n) is 2.16. The molecule has 0 saturated carbocycles. The Kier molecular flexibility index (Phi) is 1.85. The van der Waals surface area contributed by atoms with Crippen LogP contribution in [0.5, 0.6) is 0 Å². The van der Waals surface area contributed by atoms with Crippen molar-refractivity contribution in [3.63, 3.8) is 0 Å². The number of hydrogen-bond acceptors (Lipinski definition) is 3. The van der Waals surface area contributed by atoms with Gasteiger partial charge in [-0.1, -0.05) is 0 Å². The first-order valence-electron chi connectivity index (χ1n) is 4.21. The second-order valence-electron chi connectivity index (χ2n) is 3.07. The minimum absolute atomic E-state index is 0.179. The summed E-state index contributed by atoms with van der Waals surface area (Å²) in [7, 11) is 0. The van der Waals surface area contributed by atoms with Crippen LogP contribution in [-0.2, 0) is 4.79 Å². The molecule has 3 nitrogen and oxygen atoms in total. The zero-order valence-electron chi connectivity index (χ0n) is 7.16. The summed E-state index contributed by atoms with van der Waals surface area (Å²) in [5.74, 6) is 0.682. The summed E-state index contributed by atoms with van der Waals surface area (Å²) < 4.78 is 0. The topological polar surface area (TPSA) is 56.0 Å². The molecule has 0 amide bonds. The Hall–Kier alpha value is -1.64. The average molecular weight is 174 g/mol. The van der Waals surface area contributed by atoms with Gasteiger partial charge in [-0.2, -0.15) is 0 Å². The van der Waals surface area contributed by atoms with Gasteiger partial charge in [0.05, 0.1) is 0 Å². The van der Waals surface area contributed by atoms with Gasteiger partial charge in [0, 0.05) is 18.2 Å². The molecule has 0 aliphatic heterocycles. The third kappa shape index (κ3) is 1.45. The lowest BCUT2D eigenvalue weighted by molar-refractivity contribution is -0.114. The number of nitrogens with zero attached hydrogens (tertiary/aromatic N) is 1. The quantitative estimate of drug-likeness (QED) is 0.700. The Balaban J connectivity index is 2.41. The molecule has 1 heterocycles. The van der Waals surface area contributed by atoms with Gasteiger partial charge in [-0.05, 0) is 30.2 Å². The van der Waals surface area contributed by atoms with Crippen LogP contribution in [0.4, 0.5) is 5.82 Å². The van der Waals surface area contributed by atoms with Crippen LogP contribution in [0.2, 0.25) is 0 Å². The average Bonchev–Trinajstić information content (AvgIpc) is 2.53. The Labute approximate surface area is 76.3 Å². The van der Waals surface area contributed by atoms with Gasteiger partial charge >= 0.3 is 0 Å². The molecule has 1 aromatic rings. The second kappa shape index (κ2) is 3.01. The van der Waals surface area contributed by atoms with E-state index in [9.17, 15) is 4.79 Å². The van der Waals surface area contributed by atoms with E-state index in [1.165, 1.54) is 0 Å². The van der Waals surface area contributed by atoms with Crippen LogP contribution < -0.4 is 5.73 Å². The summed E-state index contributed by atoms with van der Waals surface area (Å²) in [6.45, 7) is 0. The Morgan fingerprint density at radius 1 is 1.38 bits per heavy atom. The molecule has 0 atom stereocenters. The molecular formula is C10H10N2O. The normalized spacial score (nSPS) is 16.0. The highest BCUT2D eigenvalue weighted by Gasteiger charge is 2.15. The molecule has 0 fully saturated rings. The van der Waals surface area contributed by atoms with Crippen molar-refractivity contribution < 1.29 is 4.79 Å². The van der Waals surface area contributed by atoms with E-state index in [0.717, 1.165) is 17.6 Å². The van der Waals surface area contributed by atoms with Gasteiger partial charge in [0.1, 0.15) is 5.82 Å². The maximum Gasteiger partial charge on any atom is 0.156 e. The van der Waals surface area contributed by atoms with Crippen molar-refractivity contribution in [1.29, 1.82) is 0 Å². The van der Waals surface area contributed by atoms with Gasteiger partial charge in [0.2, 0.25) is 0 Å². The van der Waals surface area contributed by atoms with Crippen LogP contribution in [0, 0.1) is 0 Å². The van der Waals surface area contributed by atoms with E-state index in [0.29, 0.717) is 12.2 Å². The van der Waals surface area contributed by atoms with E-state index in [1.807, 2.05) is 12.1 Å². The minimum atomic E-state index is 0.179. The van der Waals surface area contributed by atoms with Crippen LogP contribution in [0.25, 0.3) is 5.57 Å². The Bertz CT molecular complexity index is 382. The first-order chi connectivity index (χ1) is 6.27. The molecule has 1 aromatic heterocycles. The van der Waals surface area contributed by atoms with Crippen LogP contribution >= 0.6 is 0 Å². The number of ketones is 1. The van der Waals surface area contributed by atoms with Crippen molar-refractivity contribution >= 4 is 17.2 Å². The molecule has 0 spiro atoms. The van der Waals surface area contributed by atoms with Crippen molar-refractivity contribution in [2.75, 3.05) is 5.73 Å². The van der Waals surface area contributed by atoms with Gasteiger partial charge in [0.25, 0.3) is 0 Å². The number of anilines is 1. The summed E-state index contributed by atoms with van der Waals surface area (Å²) in [6.07, 6.45) is 4.70. The molecule has 1 aliphatic carbocycles. The molecule has 0 aromatic carbocycles. The largest absolute Gasteiger partial charge is 0.383 e. The fourth-order valence-corrected chi connectivity index (χ4v) is 1.50. The predicted molar refractivity (Wildman–Crippen MR) is 50.9 cm³/mol. The summed E-state index contributed by atoms with van der Waals surface area (Å²) in [4.78, 5) is 15.0. The highest BCUT2D eigenvalue weighted by Crippen LogP contribution is 2.28. The van der Waals surface area contributed by atoms with Crippen LogP contribution in [0.1, 0.15) is 18.4 Å². The summed E-state index contributed by atoms with van der Waals surface area (Å²) in [5, 5.41) is 0. The number of carbonyl (C=O) groups is 1. The summed E-state index contributed by atoms with van der Waals surface area (Å²) in [6, 6.07) is 3.72. The first kappa shape index (κ1) is 7.98. The van der Waals surface area contributed by atoms with Crippen molar-refractivity contribution in [3.8, 4) is 0 Å². The fraction of sp³-hybridized carbons (Fsp3) is 0.200. The van der Waals surface area contributed by atoms with Crippen molar-refractivity contribution in [2.24, 2.45) is 0 Å². The molecule has 2 rings (SSSR count). The number of aromatic nitrogens is 1. The molecule has 0 radical (unpaired) electrons. The third-order valence-corrected chi connectivity index (χ3v) is 2.16. The molecule has 3 heteroatoms. The summed E-state index contributed by atoms with van der Waals surface area (Å²) in [5.41, 5.74) is 7.59. The zero-order valence-corrected chi connectivity index (χ0v) is 7.16. The van der Waals surface area contributed by atoms with Crippen LogP contribution in [-0.4, -0.2) is 10.8 Å².